The molecule has 0 amide bonds. The molecule has 2 atom stereocenters. The SMILES string of the molecule is CC(C(=O)O)C(Br)C(=O)CBr. The Labute approximate surface area is 81.4 Å². The fraction of sp³-hybridized carbons (Fsp3) is 0.667. The molecule has 64 valence electrons. The minimum atomic E-state index is -0.971. The van der Waals surface area contributed by atoms with Crippen molar-refractivity contribution in [2.24, 2.45) is 5.92 Å². The number of carboxylic acids is 1. The molecule has 0 rings (SSSR count). The van der Waals surface area contributed by atoms with Gasteiger partial charge in [0, 0.05) is 0 Å². The molecule has 2 unspecified atom stereocenters. The summed E-state index contributed by atoms with van der Waals surface area (Å²) in [7, 11) is 0. The van der Waals surface area contributed by atoms with Crippen molar-refractivity contribution in [3.05, 3.63) is 0 Å². The Bertz CT molecular complexity index is 169. The van der Waals surface area contributed by atoms with Gasteiger partial charge in [0.15, 0.2) is 5.78 Å². The summed E-state index contributed by atoms with van der Waals surface area (Å²) in [6, 6.07) is 0. The van der Waals surface area contributed by atoms with E-state index in [2.05, 4.69) is 31.9 Å². The molecule has 0 saturated heterocycles. The van der Waals surface area contributed by atoms with Gasteiger partial charge in [-0.05, 0) is 0 Å². The number of carbonyl (C=O) groups excluding carboxylic acids is 1. The van der Waals surface area contributed by atoms with Gasteiger partial charge >= 0.3 is 5.97 Å². The lowest BCUT2D eigenvalue weighted by molar-refractivity contribution is -0.142. The average Bonchev–Trinajstić information content (AvgIpc) is 2.00. The Morgan fingerprint density at radius 1 is 1.55 bits per heavy atom. The molecule has 3 nitrogen and oxygen atoms in total. The standard InChI is InChI=1S/C6H8Br2O3/c1-3(6(10)11)5(8)4(9)2-7/h3,5H,2H2,1H3,(H,10,11). The third-order valence-electron chi connectivity index (χ3n) is 1.27. The Balaban J connectivity index is 4.12. The fourth-order valence-electron chi connectivity index (χ4n) is 0.478. The largest absolute Gasteiger partial charge is 0.481 e. The molecular formula is C6H8Br2O3. The summed E-state index contributed by atoms with van der Waals surface area (Å²) in [5.74, 6) is -1.80. The molecule has 0 aliphatic carbocycles. The van der Waals surface area contributed by atoms with Gasteiger partial charge in [0.25, 0.3) is 0 Å². The molecule has 0 spiro atoms. The van der Waals surface area contributed by atoms with E-state index in [0.717, 1.165) is 0 Å². The third-order valence-corrected chi connectivity index (χ3v) is 3.12. The number of carboxylic acid groups (broad SMARTS) is 1. The summed E-state index contributed by atoms with van der Waals surface area (Å²) < 4.78 is 0. The van der Waals surface area contributed by atoms with Crippen LogP contribution in [0.1, 0.15) is 6.92 Å². The van der Waals surface area contributed by atoms with Crippen LogP contribution >= 0.6 is 31.9 Å². The number of halogens is 2. The molecular weight excluding hydrogens is 280 g/mol. The summed E-state index contributed by atoms with van der Waals surface area (Å²) in [5.41, 5.74) is 0. The van der Waals surface area contributed by atoms with Gasteiger partial charge in [-0.15, -0.1) is 0 Å². The van der Waals surface area contributed by atoms with Crippen molar-refractivity contribution in [2.45, 2.75) is 11.8 Å². The van der Waals surface area contributed by atoms with Crippen LogP contribution in [0.2, 0.25) is 0 Å². The first-order valence-corrected chi connectivity index (χ1v) is 5.00. The molecule has 0 aliphatic heterocycles. The second kappa shape index (κ2) is 4.87. The molecule has 0 aromatic heterocycles. The van der Waals surface area contributed by atoms with Gasteiger partial charge in [-0.3, -0.25) is 9.59 Å². The number of hydrogen-bond acceptors (Lipinski definition) is 2. The summed E-state index contributed by atoms with van der Waals surface area (Å²) in [6.07, 6.45) is 0. The van der Waals surface area contributed by atoms with Crippen molar-refractivity contribution in [3.63, 3.8) is 0 Å². The number of aliphatic carboxylic acids is 1. The Hall–Kier alpha value is 0.1000. The van der Waals surface area contributed by atoms with Crippen LogP contribution in [-0.4, -0.2) is 27.0 Å². The van der Waals surface area contributed by atoms with Crippen LogP contribution in [0.25, 0.3) is 0 Å². The van der Waals surface area contributed by atoms with Gasteiger partial charge in [-0.1, -0.05) is 38.8 Å². The van der Waals surface area contributed by atoms with E-state index < -0.39 is 16.7 Å². The Morgan fingerprint density at radius 2 is 2.00 bits per heavy atom. The lowest BCUT2D eigenvalue weighted by atomic mass is 10.1. The van der Waals surface area contributed by atoms with Crippen molar-refractivity contribution in [3.8, 4) is 0 Å². The van der Waals surface area contributed by atoms with E-state index in [-0.39, 0.29) is 11.1 Å². The second-order valence-corrected chi connectivity index (χ2v) is 3.68. The molecule has 5 heteroatoms. The van der Waals surface area contributed by atoms with Gasteiger partial charge in [0.1, 0.15) is 0 Å². The van der Waals surface area contributed by atoms with E-state index in [9.17, 15) is 9.59 Å². The molecule has 0 heterocycles. The van der Waals surface area contributed by atoms with Crippen molar-refractivity contribution in [2.75, 3.05) is 5.33 Å². The van der Waals surface area contributed by atoms with E-state index in [1.54, 1.807) is 0 Å². The number of hydrogen-bond donors (Lipinski definition) is 1. The van der Waals surface area contributed by atoms with Crippen molar-refractivity contribution >= 4 is 43.6 Å². The smallest absolute Gasteiger partial charge is 0.307 e. The molecule has 0 aromatic rings. The van der Waals surface area contributed by atoms with Gasteiger partial charge in [-0.2, -0.15) is 0 Å². The van der Waals surface area contributed by atoms with Gasteiger partial charge in [-0.25, -0.2) is 0 Å². The zero-order chi connectivity index (χ0) is 9.02. The fourth-order valence-corrected chi connectivity index (χ4v) is 1.65. The first-order chi connectivity index (χ1) is 5.00. The predicted molar refractivity (Wildman–Crippen MR) is 48.3 cm³/mol. The van der Waals surface area contributed by atoms with E-state index in [0.29, 0.717) is 0 Å². The van der Waals surface area contributed by atoms with Crippen molar-refractivity contribution in [1.82, 2.24) is 0 Å². The monoisotopic (exact) mass is 286 g/mol. The quantitative estimate of drug-likeness (QED) is 0.796. The molecule has 0 aliphatic rings. The lowest BCUT2D eigenvalue weighted by Gasteiger charge is -2.10. The van der Waals surface area contributed by atoms with Crippen LogP contribution in [0.5, 0.6) is 0 Å². The topological polar surface area (TPSA) is 54.4 Å². The minimum absolute atomic E-state index is 0.153. The molecule has 0 radical (unpaired) electrons. The maximum atomic E-state index is 10.9. The number of alkyl halides is 2. The Kier molecular flexibility index (Phi) is 4.92. The highest BCUT2D eigenvalue weighted by Crippen LogP contribution is 2.14. The van der Waals surface area contributed by atoms with Gasteiger partial charge < -0.3 is 5.11 Å². The summed E-state index contributed by atoms with van der Waals surface area (Å²) in [5, 5.41) is 8.68. The van der Waals surface area contributed by atoms with Crippen LogP contribution in [0.15, 0.2) is 0 Å². The maximum Gasteiger partial charge on any atom is 0.307 e. The highest BCUT2D eigenvalue weighted by Gasteiger charge is 2.26. The highest BCUT2D eigenvalue weighted by molar-refractivity contribution is 9.10. The van der Waals surface area contributed by atoms with Crippen LogP contribution in [0, 0.1) is 5.92 Å². The second-order valence-electron chi connectivity index (χ2n) is 2.13. The zero-order valence-electron chi connectivity index (χ0n) is 5.88. The molecule has 11 heavy (non-hydrogen) atoms. The van der Waals surface area contributed by atoms with Gasteiger partial charge in [0.05, 0.1) is 16.1 Å². The summed E-state index contributed by atoms with van der Waals surface area (Å²) in [4.78, 5) is 20.7. The predicted octanol–water partition coefficient (Wildman–Crippen LogP) is 1.43. The van der Waals surface area contributed by atoms with Crippen LogP contribution < -0.4 is 0 Å². The highest BCUT2D eigenvalue weighted by atomic mass is 79.9. The zero-order valence-corrected chi connectivity index (χ0v) is 9.05. The van der Waals surface area contributed by atoms with E-state index in [1.807, 2.05) is 0 Å². The number of Topliss-reactive ketones (excluding diaryl/α,β-unsaturated/α-hetero) is 1. The lowest BCUT2D eigenvalue weighted by Crippen LogP contribution is -2.28. The van der Waals surface area contributed by atoms with Crippen LogP contribution in [-0.2, 0) is 9.59 Å². The molecule has 0 saturated carbocycles. The summed E-state index contributed by atoms with van der Waals surface area (Å²) in [6.45, 7) is 1.49. The molecule has 0 aromatic carbocycles. The Morgan fingerprint density at radius 3 is 2.27 bits per heavy atom. The first-order valence-electron chi connectivity index (χ1n) is 2.96. The van der Waals surface area contributed by atoms with Gasteiger partial charge in [0.2, 0.25) is 0 Å². The molecule has 0 fully saturated rings. The number of rotatable bonds is 4. The number of carbonyl (C=O) groups is 2. The third kappa shape index (κ3) is 3.33. The van der Waals surface area contributed by atoms with Crippen LogP contribution in [0.4, 0.5) is 0 Å². The normalized spacial score (nSPS) is 15.5. The average molecular weight is 288 g/mol. The van der Waals surface area contributed by atoms with E-state index >= 15 is 0 Å². The van der Waals surface area contributed by atoms with Crippen molar-refractivity contribution in [1.29, 1.82) is 0 Å². The van der Waals surface area contributed by atoms with E-state index in [1.165, 1.54) is 6.92 Å². The van der Waals surface area contributed by atoms with E-state index in [4.69, 9.17) is 5.11 Å². The van der Waals surface area contributed by atoms with Crippen molar-refractivity contribution < 1.29 is 14.7 Å². The maximum absolute atomic E-state index is 10.9. The first kappa shape index (κ1) is 11.1. The van der Waals surface area contributed by atoms with Crippen LogP contribution in [0.3, 0.4) is 0 Å². The summed E-state index contributed by atoms with van der Waals surface area (Å²) >= 11 is 5.97. The number of ketones is 1. The molecule has 1 N–H and O–H groups in total. The molecule has 0 bridgehead atoms. The minimum Gasteiger partial charge on any atom is -0.481 e.